The molecule has 1 atom stereocenters. The Labute approximate surface area is 117 Å². The highest BCUT2D eigenvalue weighted by atomic mass is 16.5. The van der Waals surface area contributed by atoms with Crippen molar-refractivity contribution < 1.29 is 9.53 Å². The Morgan fingerprint density at radius 3 is 2.47 bits per heavy atom. The van der Waals surface area contributed by atoms with E-state index < -0.39 is 0 Å². The van der Waals surface area contributed by atoms with Crippen LogP contribution in [0, 0.1) is 5.92 Å². The molecule has 0 aromatic rings. The van der Waals surface area contributed by atoms with Gasteiger partial charge in [-0.05, 0) is 38.5 Å². The molecule has 1 rings (SSSR count). The molecule has 1 heterocycles. The number of hydrogen-bond donors (Lipinski definition) is 1. The van der Waals surface area contributed by atoms with Crippen LogP contribution in [0.1, 0.15) is 46.5 Å². The minimum atomic E-state index is -0.0909. The van der Waals surface area contributed by atoms with Crippen LogP contribution in [-0.2, 0) is 9.53 Å². The lowest BCUT2D eigenvalue weighted by Crippen LogP contribution is -2.47. The fourth-order valence-electron chi connectivity index (χ4n) is 2.24. The fourth-order valence-corrected chi connectivity index (χ4v) is 2.24. The normalized spacial score (nSPS) is 17.8. The molecule has 1 unspecified atom stereocenters. The van der Waals surface area contributed by atoms with Gasteiger partial charge in [0.05, 0.1) is 12.6 Å². The minimum absolute atomic E-state index is 0.0909. The predicted molar refractivity (Wildman–Crippen MR) is 78.2 cm³/mol. The number of likely N-dealkylation sites (tertiary alicyclic amines) is 1. The molecule has 1 amide bonds. The number of hydrogen-bond acceptors (Lipinski definition) is 3. The van der Waals surface area contributed by atoms with Crippen LogP contribution in [0.2, 0.25) is 0 Å². The Kier molecular flexibility index (Phi) is 8.07. The highest BCUT2D eigenvalue weighted by Crippen LogP contribution is 2.09. The van der Waals surface area contributed by atoms with E-state index in [9.17, 15) is 4.79 Å². The van der Waals surface area contributed by atoms with Crippen molar-refractivity contribution >= 4 is 5.91 Å². The molecule has 0 aromatic heterocycles. The molecule has 0 spiro atoms. The van der Waals surface area contributed by atoms with Crippen molar-refractivity contribution in [2.75, 3.05) is 32.8 Å². The number of piperidine rings is 1. The average molecular weight is 270 g/mol. The monoisotopic (exact) mass is 270 g/mol. The maximum absolute atomic E-state index is 12.1. The molecule has 1 N–H and O–H groups in total. The van der Waals surface area contributed by atoms with Gasteiger partial charge in [0, 0.05) is 26.2 Å². The predicted octanol–water partition coefficient (Wildman–Crippen LogP) is 2.04. The van der Waals surface area contributed by atoms with Gasteiger partial charge in [-0.15, -0.1) is 0 Å². The molecular formula is C15H30N2O2. The van der Waals surface area contributed by atoms with Gasteiger partial charge >= 0.3 is 0 Å². The van der Waals surface area contributed by atoms with E-state index in [-0.39, 0.29) is 11.9 Å². The van der Waals surface area contributed by atoms with E-state index >= 15 is 0 Å². The average Bonchev–Trinajstić information content (AvgIpc) is 2.42. The smallest absolute Gasteiger partial charge is 0.239 e. The second-order valence-corrected chi connectivity index (χ2v) is 5.86. The Morgan fingerprint density at radius 2 is 1.84 bits per heavy atom. The Morgan fingerprint density at radius 1 is 1.16 bits per heavy atom. The van der Waals surface area contributed by atoms with Crippen LogP contribution >= 0.6 is 0 Å². The molecule has 1 aliphatic heterocycles. The van der Waals surface area contributed by atoms with E-state index in [4.69, 9.17) is 4.74 Å². The van der Waals surface area contributed by atoms with Gasteiger partial charge in [0.2, 0.25) is 5.91 Å². The third kappa shape index (κ3) is 6.92. The number of carbonyl (C=O) groups excluding carboxylic acids is 1. The third-order valence-corrected chi connectivity index (χ3v) is 3.57. The molecular weight excluding hydrogens is 240 g/mol. The van der Waals surface area contributed by atoms with E-state index in [0.717, 1.165) is 45.5 Å². The topological polar surface area (TPSA) is 41.6 Å². The van der Waals surface area contributed by atoms with Gasteiger partial charge in [-0.1, -0.05) is 13.8 Å². The van der Waals surface area contributed by atoms with Crippen molar-refractivity contribution in [3.63, 3.8) is 0 Å². The summed E-state index contributed by atoms with van der Waals surface area (Å²) in [6.07, 6.45) is 4.66. The van der Waals surface area contributed by atoms with Crippen LogP contribution in [0.4, 0.5) is 0 Å². The molecule has 1 fully saturated rings. The van der Waals surface area contributed by atoms with Gasteiger partial charge in [0.25, 0.3) is 0 Å². The Bertz CT molecular complexity index is 251. The van der Waals surface area contributed by atoms with Crippen LogP contribution in [0.15, 0.2) is 0 Å². The number of rotatable bonds is 8. The minimum Gasteiger partial charge on any atom is -0.380 e. The standard InChI is InChI=1S/C15H30N2O2/c1-13(2)7-11-19-12-8-16-14(3)15(18)17-9-5-4-6-10-17/h13-14,16H,4-12H2,1-3H3. The van der Waals surface area contributed by atoms with Crippen LogP contribution < -0.4 is 5.32 Å². The summed E-state index contributed by atoms with van der Waals surface area (Å²) in [5.41, 5.74) is 0. The molecule has 0 aromatic carbocycles. The zero-order valence-electron chi connectivity index (χ0n) is 12.8. The summed E-state index contributed by atoms with van der Waals surface area (Å²) < 4.78 is 5.53. The number of carbonyl (C=O) groups is 1. The van der Waals surface area contributed by atoms with Gasteiger partial charge < -0.3 is 15.0 Å². The highest BCUT2D eigenvalue weighted by molar-refractivity contribution is 5.81. The lowest BCUT2D eigenvalue weighted by Gasteiger charge is -2.29. The van der Waals surface area contributed by atoms with Crippen molar-refractivity contribution in [2.24, 2.45) is 5.92 Å². The molecule has 0 radical (unpaired) electrons. The quantitative estimate of drug-likeness (QED) is 0.686. The van der Waals surface area contributed by atoms with Crippen LogP contribution in [-0.4, -0.2) is 49.7 Å². The zero-order valence-corrected chi connectivity index (χ0v) is 12.8. The SMILES string of the molecule is CC(C)CCOCCNC(C)C(=O)N1CCCCC1. The van der Waals surface area contributed by atoms with Crippen LogP contribution in [0.25, 0.3) is 0 Å². The molecule has 112 valence electrons. The summed E-state index contributed by atoms with van der Waals surface area (Å²) in [5.74, 6) is 0.925. The first-order valence-corrected chi connectivity index (χ1v) is 7.71. The Hall–Kier alpha value is -0.610. The third-order valence-electron chi connectivity index (χ3n) is 3.57. The maximum Gasteiger partial charge on any atom is 0.239 e. The first-order valence-electron chi connectivity index (χ1n) is 7.71. The van der Waals surface area contributed by atoms with E-state index in [1.165, 1.54) is 6.42 Å². The number of nitrogens with zero attached hydrogens (tertiary/aromatic N) is 1. The van der Waals surface area contributed by atoms with E-state index in [1.807, 2.05) is 11.8 Å². The van der Waals surface area contributed by atoms with Gasteiger partial charge in [0.15, 0.2) is 0 Å². The largest absolute Gasteiger partial charge is 0.380 e. The fraction of sp³-hybridized carbons (Fsp3) is 0.933. The van der Waals surface area contributed by atoms with Crippen molar-refractivity contribution in [3.8, 4) is 0 Å². The summed E-state index contributed by atoms with van der Waals surface area (Å²) >= 11 is 0. The summed E-state index contributed by atoms with van der Waals surface area (Å²) in [6, 6.07) is -0.0909. The summed E-state index contributed by atoms with van der Waals surface area (Å²) in [6.45, 7) is 10.4. The first-order chi connectivity index (χ1) is 9.11. The molecule has 0 saturated carbocycles. The summed E-state index contributed by atoms with van der Waals surface area (Å²) in [4.78, 5) is 14.1. The maximum atomic E-state index is 12.1. The molecule has 1 saturated heterocycles. The van der Waals surface area contributed by atoms with Gasteiger partial charge in [-0.25, -0.2) is 0 Å². The van der Waals surface area contributed by atoms with Gasteiger partial charge in [0.1, 0.15) is 0 Å². The van der Waals surface area contributed by atoms with E-state index in [0.29, 0.717) is 12.5 Å². The number of nitrogens with one attached hydrogen (secondary N) is 1. The van der Waals surface area contributed by atoms with Crippen molar-refractivity contribution in [1.29, 1.82) is 0 Å². The van der Waals surface area contributed by atoms with Crippen molar-refractivity contribution in [1.82, 2.24) is 10.2 Å². The lowest BCUT2D eigenvalue weighted by atomic mass is 10.1. The van der Waals surface area contributed by atoms with Gasteiger partial charge in [-0.2, -0.15) is 0 Å². The molecule has 4 heteroatoms. The van der Waals surface area contributed by atoms with Crippen LogP contribution in [0.5, 0.6) is 0 Å². The second-order valence-electron chi connectivity index (χ2n) is 5.86. The van der Waals surface area contributed by atoms with Crippen LogP contribution in [0.3, 0.4) is 0 Å². The van der Waals surface area contributed by atoms with Gasteiger partial charge in [-0.3, -0.25) is 4.79 Å². The second kappa shape index (κ2) is 9.32. The van der Waals surface area contributed by atoms with E-state index in [1.54, 1.807) is 0 Å². The van der Waals surface area contributed by atoms with Crippen molar-refractivity contribution in [2.45, 2.75) is 52.5 Å². The molecule has 0 bridgehead atoms. The summed E-state index contributed by atoms with van der Waals surface area (Å²) in [7, 11) is 0. The molecule has 4 nitrogen and oxygen atoms in total. The summed E-state index contributed by atoms with van der Waals surface area (Å²) in [5, 5.41) is 3.25. The van der Waals surface area contributed by atoms with E-state index in [2.05, 4.69) is 19.2 Å². The highest BCUT2D eigenvalue weighted by Gasteiger charge is 2.21. The van der Waals surface area contributed by atoms with Crippen molar-refractivity contribution in [3.05, 3.63) is 0 Å². The molecule has 19 heavy (non-hydrogen) atoms. The first kappa shape index (κ1) is 16.4. The molecule has 0 aliphatic carbocycles. The lowest BCUT2D eigenvalue weighted by molar-refractivity contribution is -0.133. The zero-order chi connectivity index (χ0) is 14.1. The molecule has 1 aliphatic rings. The number of ether oxygens (including phenoxy) is 1. The Balaban J connectivity index is 2.06. The number of amides is 1.